The summed E-state index contributed by atoms with van der Waals surface area (Å²) in [5.41, 5.74) is 1.31. The molecule has 1 unspecified atom stereocenters. The lowest BCUT2D eigenvalue weighted by Gasteiger charge is -2.27. The molecule has 6 nitrogen and oxygen atoms in total. The molecule has 3 rings (SSSR count). The minimum Gasteiger partial charge on any atom is -0.325 e. The number of aromatic nitrogens is 1. The molecule has 0 bridgehead atoms. The van der Waals surface area contributed by atoms with Crippen molar-refractivity contribution in [2.75, 3.05) is 13.1 Å². The minimum absolute atomic E-state index is 0.0380. The molecule has 26 heavy (non-hydrogen) atoms. The molecule has 0 spiro atoms. The zero-order valence-electron chi connectivity index (χ0n) is 15.9. The predicted octanol–water partition coefficient (Wildman–Crippen LogP) is 2.64. The van der Waals surface area contributed by atoms with Gasteiger partial charge in [-0.3, -0.25) is 14.6 Å². The fraction of sp³-hybridized carbons (Fsp3) is 0.600. The van der Waals surface area contributed by atoms with Crippen molar-refractivity contribution in [1.29, 1.82) is 0 Å². The first-order valence-corrected chi connectivity index (χ1v) is 9.54. The summed E-state index contributed by atoms with van der Waals surface area (Å²) >= 11 is 0. The molecule has 1 saturated heterocycles. The normalized spacial score (nSPS) is 20.9. The highest BCUT2D eigenvalue weighted by atomic mass is 16.2. The Morgan fingerprint density at radius 2 is 2.12 bits per heavy atom. The molecule has 2 aliphatic rings. The Kier molecular flexibility index (Phi) is 5.39. The SMILES string of the molecule is CCC(C)(C)C1=NN(CCCc2cccnc2)C(=O)C2CCCN2C1=O. The second-order valence-electron chi connectivity index (χ2n) is 7.77. The van der Waals surface area contributed by atoms with Gasteiger partial charge in [-0.05, 0) is 43.7 Å². The Hall–Kier alpha value is -2.24. The fourth-order valence-corrected chi connectivity index (χ4v) is 3.52. The van der Waals surface area contributed by atoms with E-state index in [0.717, 1.165) is 37.7 Å². The van der Waals surface area contributed by atoms with Crippen LogP contribution in [0.5, 0.6) is 0 Å². The maximum Gasteiger partial charge on any atom is 0.271 e. The van der Waals surface area contributed by atoms with Crippen LogP contribution in [0.15, 0.2) is 29.6 Å². The summed E-state index contributed by atoms with van der Waals surface area (Å²) in [7, 11) is 0. The topological polar surface area (TPSA) is 65.9 Å². The Bertz CT molecular complexity index is 699. The highest BCUT2D eigenvalue weighted by molar-refractivity contribution is 6.41. The number of carbonyl (C=O) groups is 2. The Morgan fingerprint density at radius 3 is 2.81 bits per heavy atom. The van der Waals surface area contributed by atoms with Gasteiger partial charge in [0.25, 0.3) is 11.8 Å². The highest BCUT2D eigenvalue weighted by Gasteiger charge is 2.44. The van der Waals surface area contributed by atoms with E-state index in [0.29, 0.717) is 18.8 Å². The van der Waals surface area contributed by atoms with Gasteiger partial charge in [-0.15, -0.1) is 0 Å². The van der Waals surface area contributed by atoms with Crippen molar-refractivity contribution in [3.63, 3.8) is 0 Å². The van der Waals surface area contributed by atoms with E-state index < -0.39 is 0 Å². The monoisotopic (exact) mass is 356 g/mol. The molecule has 1 fully saturated rings. The molecule has 6 heteroatoms. The van der Waals surface area contributed by atoms with Crippen LogP contribution in [0, 0.1) is 5.41 Å². The number of hydrogen-bond donors (Lipinski definition) is 0. The van der Waals surface area contributed by atoms with Crippen LogP contribution in [0.3, 0.4) is 0 Å². The number of nitrogens with zero attached hydrogens (tertiary/aromatic N) is 4. The van der Waals surface area contributed by atoms with Gasteiger partial charge >= 0.3 is 0 Å². The lowest BCUT2D eigenvalue weighted by molar-refractivity contribution is -0.139. The van der Waals surface area contributed by atoms with Gasteiger partial charge in [0, 0.05) is 30.9 Å². The molecule has 1 aromatic heterocycles. The maximum atomic E-state index is 13.0. The average molecular weight is 356 g/mol. The summed E-state index contributed by atoms with van der Waals surface area (Å²) in [6.07, 6.45) is 7.65. The molecule has 0 radical (unpaired) electrons. The van der Waals surface area contributed by atoms with Gasteiger partial charge in [0.2, 0.25) is 0 Å². The van der Waals surface area contributed by atoms with E-state index in [9.17, 15) is 9.59 Å². The Balaban J connectivity index is 1.81. The van der Waals surface area contributed by atoms with Crippen LogP contribution >= 0.6 is 0 Å². The van der Waals surface area contributed by atoms with Crippen molar-refractivity contribution in [2.24, 2.45) is 10.5 Å². The second-order valence-corrected chi connectivity index (χ2v) is 7.77. The number of rotatable bonds is 6. The second kappa shape index (κ2) is 7.56. The zero-order chi connectivity index (χ0) is 18.7. The molecule has 2 amide bonds. The molecule has 1 aromatic rings. The third kappa shape index (κ3) is 3.64. The standard InChI is InChI=1S/C20H28N4O2/c1-4-20(2,3)17-19(26)23-12-7-10-16(23)18(25)24(22-17)13-6-9-15-8-5-11-21-14-15/h5,8,11,14,16H,4,6-7,9-10,12-13H2,1-3H3. The quantitative estimate of drug-likeness (QED) is 0.787. The lowest BCUT2D eigenvalue weighted by Crippen LogP contribution is -2.46. The van der Waals surface area contributed by atoms with Crippen molar-refractivity contribution < 1.29 is 9.59 Å². The van der Waals surface area contributed by atoms with Gasteiger partial charge < -0.3 is 4.90 Å². The molecule has 0 saturated carbocycles. The van der Waals surface area contributed by atoms with Crippen LogP contribution < -0.4 is 0 Å². The number of pyridine rings is 1. The number of amides is 2. The van der Waals surface area contributed by atoms with Gasteiger partial charge in [0.1, 0.15) is 11.8 Å². The molecule has 1 atom stereocenters. The Labute approximate surface area is 155 Å². The van der Waals surface area contributed by atoms with Gasteiger partial charge in [0.05, 0.1) is 0 Å². The highest BCUT2D eigenvalue weighted by Crippen LogP contribution is 2.30. The van der Waals surface area contributed by atoms with E-state index in [-0.39, 0.29) is 23.3 Å². The van der Waals surface area contributed by atoms with E-state index in [1.54, 1.807) is 16.1 Å². The van der Waals surface area contributed by atoms with Crippen molar-refractivity contribution in [3.8, 4) is 0 Å². The van der Waals surface area contributed by atoms with Crippen molar-refractivity contribution in [2.45, 2.75) is 58.9 Å². The summed E-state index contributed by atoms with van der Waals surface area (Å²) in [5, 5.41) is 6.14. The number of hydrazone groups is 1. The molecule has 0 N–H and O–H groups in total. The molecular weight excluding hydrogens is 328 g/mol. The van der Waals surface area contributed by atoms with Crippen LogP contribution in [-0.4, -0.2) is 51.6 Å². The van der Waals surface area contributed by atoms with E-state index in [1.807, 2.05) is 32.2 Å². The molecule has 0 aromatic carbocycles. The molecule has 140 valence electrons. The summed E-state index contributed by atoms with van der Waals surface area (Å²) in [5.74, 6) is -0.105. The smallest absolute Gasteiger partial charge is 0.271 e. The number of carbonyl (C=O) groups excluding carboxylic acids is 2. The van der Waals surface area contributed by atoms with Crippen LogP contribution in [0.25, 0.3) is 0 Å². The van der Waals surface area contributed by atoms with Crippen molar-refractivity contribution >= 4 is 17.5 Å². The average Bonchev–Trinajstić information content (AvgIpc) is 3.10. The van der Waals surface area contributed by atoms with Crippen LogP contribution in [0.4, 0.5) is 0 Å². The lowest BCUT2D eigenvalue weighted by atomic mass is 9.84. The molecule has 3 heterocycles. The fourth-order valence-electron chi connectivity index (χ4n) is 3.52. The third-order valence-corrected chi connectivity index (χ3v) is 5.56. The summed E-state index contributed by atoms with van der Waals surface area (Å²) < 4.78 is 0. The minimum atomic E-state index is -0.352. The molecule has 0 aliphatic carbocycles. The van der Waals surface area contributed by atoms with E-state index in [1.165, 1.54) is 0 Å². The first-order valence-electron chi connectivity index (χ1n) is 9.54. The number of hydrogen-bond acceptors (Lipinski definition) is 4. The van der Waals surface area contributed by atoms with Crippen LogP contribution in [-0.2, 0) is 16.0 Å². The van der Waals surface area contributed by atoms with Gasteiger partial charge in [-0.1, -0.05) is 26.8 Å². The van der Waals surface area contributed by atoms with Gasteiger partial charge in [-0.25, -0.2) is 5.01 Å². The first-order chi connectivity index (χ1) is 12.4. The van der Waals surface area contributed by atoms with E-state index >= 15 is 0 Å². The van der Waals surface area contributed by atoms with E-state index in [4.69, 9.17) is 0 Å². The largest absolute Gasteiger partial charge is 0.325 e. The number of fused-ring (bicyclic) bond motifs is 1. The first kappa shape index (κ1) is 18.5. The summed E-state index contributed by atoms with van der Waals surface area (Å²) in [4.78, 5) is 31.9. The Morgan fingerprint density at radius 1 is 1.31 bits per heavy atom. The van der Waals surface area contributed by atoms with Gasteiger partial charge in [-0.2, -0.15) is 5.10 Å². The van der Waals surface area contributed by atoms with Crippen LogP contribution in [0.1, 0.15) is 52.0 Å². The predicted molar refractivity (Wildman–Crippen MR) is 101 cm³/mol. The van der Waals surface area contributed by atoms with Crippen molar-refractivity contribution in [3.05, 3.63) is 30.1 Å². The van der Waals surface area contributed by atoms with Crippen molar-refractivity contribution in [1.82, 2.24) is 14.9 Å². The summed E-state index contributed by atoms with van der Waals surface area (Å²) in [6, 6.07) is 3.60. The third-order valence-electron chi connectivity index (χ3n) is 5.56. The maximum absolute atomic E-state index is 13.0. The van der Waals surface area contributed by atoms with Crippen LogP contribution in [0.2, 0.25) is 0 Å². The number of aryl methyl sites for hydroxylation is 1. The summed E-state index contributed by atoms with van der Waals surface area (Å²) in [6.45, 7) is 7.28. The van der Waals surface area contributed by atoms with E-state index in [2.05, 4.69) is 17.0 Å². The molecule has 2 aliphatic heterocycles. The zero-order valence-corrected chi connectivity index (χ0v) is 15.9. The molecular formula is C20H28N4O2. The van der Waals surface area contributed by atoms with Gasteiger partial charge in [0.15, 0.2) is 0 Å².